The Morgan fingerprint density at radius 1 is 0.579 bits per heavy atom. The Hall–Kier alpha value is -2.18. The SMILES string of the molecule is c1ccc2c(c1)cc1c3cc4ccccc4n3[pH]n21. The molecule has 3 heterocycles. The molecular formula is C16H11N2P. The standard InChI is InChI=1S/C16H11N2P/c1-3-7-13-11(5-1)9-15-16-10-12-6-2-4-8-14(12)18(16)19-17(13)15/h1-10,19H. The number of rotatable bonds is 0. The lowest BCUT2D eigenvalue weighted by Gasteiger charge is -1.92. The van der Waals surface area contributed by atoms with Gasteiger partial charge >= 0.3 is 0 Å². The van der Waals surface area contributed by atoms with Crippen molar-refractivity contribution in [2.75, 3.05) is 0 Å². The van der Waals surface area contributed by atoms with Crippen LogP contribution in [0.1, 0.15) is 0 Å². The number of aromatic nitrogens is 2. The van der Waals surface area contributed by atoms with Gasteiger partial charge in [-0.15, -0.1) is 0 Å². The molecule has 0 fully saturated rings. The van der Waals surface area contributed by atoms with Gasteiger partial charge in [0.05, 0.1) is 22.1 Å². The molecular weight excluding hydrogens is 251 g/mol. The number of fused-ring (bicyclic) bond motifs is 7. The van der Waals surface area contributed by atoms with Gasteiger partial charge in [0, 0.05) is 19.3 Å². The van der Waals surface area contributed by atoms with Crippen LogP contribution in [0.2, 0.25) is 0 Å². The lowest BCUT2D eigenvalue weighted by molar-refractivity contribution is 1.46. The first-order chi connectivity index (χ1) is 9.42. The van der Waals surface area contributed by atoms with Crippen LogP contribution in [0.15, 0.2) is 60.7 Å². The third kappa shape index (κ3) is 1.13. The van der Waals surface area contributed by atoms with Crippen molar-refractivity contribution < 1.29 is 0 Å². The number of hydrogen-bond donors (Lipinski definition) is 0. The highest BCUT2D eigenvalue weighted by Gasteiger charge is 2.11. The Labute approximate surface area is 111 Å². The fraction of sp³-hybridized carbons (Fsp3) is 0. The molecule has 0 N–H and O–H groups in total. The Kier molecular flexibility index (Phi) is 1.65. The van der Waals surface area contributed by atoms with Gasteiger partial charge in [-0.3, -0.25) is 8.33 Å². The average molecular weight is 262 g/mol. The van der Waals surface area contributed by atoms with E-state index in [4.69, 9.17) is 0 Å². The molecule has 0 aliphatic rings. The molecule has 19 heavy (non-hydrogen) atoms. The lowest BCUT2D eigenvalue weighted by Crippen LogP contribution is -1.72. The predicted octanol–water partition coefficient (Wildman–Crippen LogP) is 4.53. The summed E-state index contributed by atoms with van der Waals surface area (Å²) in [7, 11) is 0.641. The van der Waals surface area contributed by atoms with Gasteiger partial charge in [-0.05, 0) is 24.3 Å². The predicted molar refractivity (Wildman–Crippen MR) is 82.9 cm³/mol. The minimum Gasteiger partial charge on any atom is -0.287 e. The fourth-order valence-electron chi connectivity index (χ4n) is 3.00. The molecule has 0 aliphatic carbocycles. The Bertz CT molecular complexity index is 977. The van der Waals surface area contributed by atoms with Crippen molar-refractivity contribution in [2.24, 2.45) is 0 Å². The van der Waals surface area contributed by atoms with E-state index in [9.17, 15) is 0 Å². The summed E-state index contributed by atoms with van der Waals surface area (Å²) >= 11 is 0. The van der Waals surface area contributed by atoms with Crippen LogP contribution in [-0.4, -0.2) is 8.33 Å². The lowest BCUT2D eigenvalue weighted by atomic mass is 10.2. The highest BCUT2D eigenvalue weighted by molar-refractivity contribution is 7.23. The van der Waals surface area contributed by atoms with Crippen LogP contribution in [0.5, 0.6) is 0 Å². The van der Waals surface area contributed by atoms with Crippen molar-refractivity contribution >= 4 is 41.3 Å². The summed E-state index contributed by atoms with van der Waals surface area (Å²) in [5.41, 5.74) is 5.36. The van der Waals surface area contributed by atoms with Crippen LogP contribution in [-0.2, 0) is 0 Å². The van der Waals surface area contributed by atoms with Crippen molar-refractivity contribution in [3.63, 3.8) is 0 Å². The first-order valence-electron chi connectivity index (χ1n) is 6.40. The Morgan fingerprint density at radius 3 is 1.58 bits per heavy atom. The van der Waals surface area contributed by atoms with Gasteiger partial charge in [0.1, 0.15) is 0 Å². The van der Waals surface area contributed by atoms with Gasteiger partial charge in [-0.25, -0.2) is 0 Å². The van der Waals surface area contributed by atoms with Crippen LogP contribution < -0.4 is 0 Å². The molecule has 0 radical (unpaired) electrons. The summed E-state index contributed by atoms with van der Waals surface area (Å²) in [5, 5.41) is 2.67. The summed E-state index contributed by atoms with van der Waals surface area (Å²) in [6.07, 6.45) is 0. The van der Waals surface area contributed by atoms with Crippen molar-refractivity contribution in [3.8, 4) is 0 Å². The third-order valence-corrected chi connectivity index (χ3v) is 5.25. The first-order valence-corrected chi connectivity index (χ1v) is 7.30. The minimum absolute atomic E-state index is 0.641. The maximum absolute atomic E-state index is 2.43. The zero-order valence-electron chi connectivity index (χ0n) is 10.2. The summed E-state index contributed by atoms with van der Waals surface area (Å²) in [5.74, 6) is 0. The van der Waals surface area contributed by atoms with E-state index in [0.717, 1.165) is 0 Å². The van der Waals surface area contributed by atoms with Crippen LogP contribution in [0.4, 0.5) is 0 Å². The van der Waals surface area contributed by atoms with Crippen LogP contribution in [0.25, 0.3) is 32.8 Å². The van der Waals surface area contributed by atoms with E-state index >= 15 is 0 Å². The zero-order valence-corrected chi connectivity index (χ0v) is 11.2. The third-order valence-electron chi connectivity index (χ3n) is 3.88. The molecule has 2 nitrogen and oxygen atoms in total. The fourth-order valence-corrected chi connectivity index (χ4v) is 4.40. The highest BCUT2D eigenvalue weighted by Crippen LogP contribution is 2.34. The quantitative estimate of drug-likeness (QED) is 0.387. The van der Waals surface area contributed by atoms with E-state index in [1.807, 2.05) is 0 Å². The monoisotopic (exact) mass is 262 g/mol. The van der Waals surface area contributed by atoms with Gasteiger partial charge in [-0.2, -0.15) is 0 Å². The van der Waals surface area contributed by atoms with E-state index in [2.05, 4.69) is 69.0 Å². The molecule has 3 aromatic heterocycles. The van der Waals surface area contributed by atoms with Crippen molar-refractivity contribution in [1.82, 2.24) is 8.33 Å². The largest absolute Gasteiger partial charge is 0.287 e. The summed E-state index contributed by atoms with van der Waals surface area (Å²) in [6.45, 7) is 0. The molecule has 3 heteroatoms. The molecule has 0 aliphatic heterocycles. The van der Waals surface area contributed by atoms with E-state index < -0.39 is 0 Å². The molecule has 0 saturated heterocycles. The second kappa shape index (κ2) is 3.23. The molecule has 0 spiro atoms. The maximum atomic E-state index is 2.43. The second-order valence-corrected chi connectivity index (χ2v) is 6.04. The van der Waals surface area contributed by atoms with Crippen LogP contribution in [0, 0.1) is 0 Å². The second-order valence-electron chi connectivity index (χ2n) is 4.95. The summed E-state index contributed by atoms with van der Waals surface area (Å²) in [4.78, 5) is 0. The van der Waals surface area contributed by atoms with Crippen molar-refractivity contribution in [3.05, 3.63) is 60.7 Å². The normalized spacial score (nSPS) is 12.2. The number of hydrogen-bond acceptors (Lipinski definition) is 0. The van der Waals surface area contributed by atoms with E-state index in [1.165, 1.54) is 32.8 Å². The topological polar surface area (TPSA) is 8.82 Å². The van der Waals surface area contributed by atoms with Crippen LogP contribution >= 0.6 is 8.51 Å². The van der Waals surface area contributed by atoms with Crippen molar-refractivity contribution in [1.29, 1.82) is 0 Å². The van der Waals surface area contributed by atoms with Crippen molar-refractivity contribution in [2.45, 2.75) is 0 Å². The highest BCUT2D eigenvalue weighted by atomic mass is 31.1. The molecule has 90 valence electrons. The van der Waals surface area contributed by atoms with E-state index in [1.54, 1.807) is 0 Å². The minimum atomic E-state index is 0.641. The first kappa shape index (κ1) is 9.71. The zero-order chi connectivity index (χ0) is 12.4. The van der Waals surface area contributed by atoms with Gasteiger partial charge in [0.25, 0.3) is 0 Å². The smallest absolute Gasteiger partial charge is 0.0752 e. The molecule has 0 bridgehead atoms. The molecule has 0 unspecified atom stereocenters. The molecule has 5 rings (SSSR count). The Balaban J connectivity index is 2.10. The number of nitrogens with zero attached hydrogens (tertiary/aromatic N) is 2. The van der Waals surface area contributed by atoms with Gasteiger partial charge in [0.2, 0.25) is 0 Å². The molecule has 0 saturated carbocycles. The van der Waals surface area contributed by atoms with Gasteiger partial charge in [0.15, 0.2) is 0 Å². The van der Waals surface area contributed by atoms with Crippen LogP contribution in [0.3, 0.4) is 0 Å². The Morgan fingerprint density at radius 2 is 1.05 bits per heavy atom. The number of para-hydroxylation sites is 2. The molecule has 0 atom stereocenters. The maximum Gasteiger partial charge on any atom is 0.0752 e. The molecule has 5 aromatic rings. The molecule has 2 aromatic carbocycles. The van der Waals surface area contributed by atoms with Gasteiger partial charge in [-0.1, -0.05) is 36.4 Å². The van der Waals surface area contributed by atoms with E-state index in [-0.39, 0.29) is 0 Å². The van der Waals surface area contributed by atoms with Gasteiger partial charge < -0.3 is 0 Å². The number of benzene rings is 2. The van der Waals surface area contributed by atoms with E-state index in [0.29, 0.717) is 8.51 Å². The summed E-state index contributed by atoms with van der Waals surface area (Å²) in [6, 6.07) is 21.9. The summed E-state index contributed by atoms with van der Waals surface area (Å²) < 4.78 is 4.86. The molecule has 0 amide bonds. The average Bonchev–Trinajstić information content (AvgIpc) is 3.07.